The van der Waals surface area contributed by atoms with Crippen LogP contribution >= 0.6 is 0 Å². The number of carbonyl (C=O) groups is 1. The summed E-state index contributed by atoms with van der Waals surface area (Å²) in [6, 6.07) is 0.583. The molecule has 3 aliphatic rings. The standard InChI is InChI=1S/C18H33N3O/c1-3-20-11-5-6-14(12-20)13-21-17-8-4-7-15(17)9-10-16(19-2)18(21)22/h14-17,19H,3-13H2,1-2H3. The summed E-state index contributed by atoms with van der Waals surface area (Å²) >= 11 is 0. The van der Waals surface area contributed by atoms with Crippen molar-refractivity contribution >= 4 is 5.91 Å². The summed E-state index contributed by atoms with van der Waals surface area (Å²) in [5, 5.41) is 3.27. The third kappa shape index (κ3) is 3.33. The molecule has 0 aromatic carbocycles. The molecule has 4 atom stereocenters. The first kappa shape index (κ1) is 16.3. The zero-order chi connectivity index (χ0) is 15.5. The highest BCUT2D eigenvalue weighted by molar-refractivity contribution is 5.82. The molecule has 4 unspecified atom stereocenters. The minimum Gasteiger partial charge on any atom is -0.338 e. The summed E-state index contributed by atoms with van der Waals surface area (Å²) in [7, 11) is 1.95. The number of likely N-dealkylation sites (N-methyl/N-ethyl adjacent to an activating group) is 1. The summed E-state index contributed by atoms with van der Waals surface area (Å²) in [4.78, 5) is 17.8. The number of piperidine rings is 1. The predicted molar refractivity (Wildman–Crippen MR) is 89.8 cm³/mol. The number of nitrogens with zero attached hydrogens (tertiary/aromatic N) is 2. The number of amides is 1. The van der Waals surface area contributed by atoms with Gasteiger partial charge in [0.05, 0.1) is 6.04 Å². The molecule has 2 saturated heterocycles. The molecule has 1 aliphatic carbocycles. The molecular weight excluding hydrogens is 274 g/mol. The second kappa shape index (κ2) is 7.31. The topological polar surface area (TPSA) is 35.6 Å². The molecule has 0 radical (unpaired) electrons. The molecule has 0 spiro atoms. The van der Waals surface area contributed by atoms with Gasteiger partial charge in [0.2, 0.25) is 5.91 Å². The van der Waals surface area contributed by atoms with Crippen LogP contribution < -0.4 is 5.32 Å². The Balaban J connectivity index is 1.71. The number of rotatable bonds is 4. The van der Waals surface area contributed by atoms with Crippen molar-refractivity contribution in [3.05, 3.63) is 0 Å². The van der Waals surface area contributed by atoms with Gasteiger partial charge in [0.1, 0.15) is 0 Å². The Bertz CT molecular complexity index is 387. The minimum absolute atomic E-state index is 0.0523. The number of carbonyl (C=O) groups excluding carboxylic acids is 1. The fourth-order valence-electron chi connectivity index (χ4n) is 4.99. The molecule has 1 N–H and O–H groups in total. The zero-order valence-electron chi connectivity index (χ0n) is 14.4. The zero-order valence-corrected chi connectivity index (χ0v) is 14.4. The predicted octanol–water partition coefficient (Wildman–Crippen LogP) is 2.10. The number of fused-ring (bicyclic) bond motifs is 1. The lowest BCUT2D eigenvalue weighted by Crippen LogP contribution is -2.51. The average Bonchev–Trinajstić information content (AvgIpc) is 2.97. The van der Waals surface area contributed by atoms with Gasteiger partial charge in [-0.15, -0.1) is 0 Å². The molecule has 2 aliphatic heterocycles. The third-order valence-corrected chi connectivity index (χ3v) is 6.28. The second-order valence-corrected chi connectivity index (χ2v) is 7.57. The Morgan fingerprint density at radius 3 is 2.77 bits per heavy atom. The van der Waals surface area contributed by atoms with Crippen LogP contribution in [0.3, 0.4) is 0 Å². The largest absolute Gasteiger partial charge is 0.338 e. The first-order chi connectivity index (χ1) is 10.7. The highest BCUT2D eigenvalue weighted by Gasteiger charge is 2.41. The summed E-state index contributed by atoms with van der Waals surface area (Å²) in [6.45, 7) is 6.82. The number of hydrogen-bond donors (Lipinski definition) is 1. The van der Waals surface area contributed by atoms with Gasteiger partial charge in [-0.25, -0.2) is 0 Å². The highest BCUT2D eigenvalue weighted by atomic mass is 16.2. The molecule has 0 aromatic rings. The van der Waals surface area contributed by atoms with E-state index in [0.717, 1.165) is 25.4 Å². The fourth-order valence-corrected chi connectivity index (χ4v) is 4.99. The molecule has 3 rings (SSSR count). The first-order valence-electron chi connectivity index (χ1n) is 9.43. The van der Waals surface area contributed by atoms with Crippen molar-refractivity contribution in [2.75, 3.05) is 33.2 Å². The van der Waals surface area contributed by atoms with E-state index in [1.807, 2.05) is 7.05 Å². The summed E-state index contributed by atoms with van der Waals surface area (Å²) in [5.41, 5.74) is 0. The molecule has 1 saturated carbocycles. The molecule has 3 fully saturated rings. The van der Waals surface area contributed by atoms with Crippen LogP contribution in [0.15, 0.2) is 0 Å². The van der Waals surface area contributed by atoms with Crippen molar-refractivity contribution in [3.63, 3.8) is 0 Å². The molecule has 126 valence electrons. The smallest absolute Gasteiger partial charge is 0.239 e. The van der Waals surface area contributed by atoms with Crippen molar-refractivity contribution in [1.29, 1.82) is 0 Å². The van der Waals surface area contributed by atoms with Crippen LogP contribution in [0.5, 0.6) is 0 Å². The van der Waals surface area contributed by atoms with Crippen molar-refractivity contribution in [2.45, 2.75) is 64.0 Å². The lowest BCUT2D eigenvalue weighted by atomic mass is 9.94. The van der Waals surface area contributed by atoms with Crippen molar-refractivity contribution in [3.8, 4) is 0 Å². The molecule has 4 heteroatoms. The Hall–Kier alpha value is -0.610. The van der Waals surface area contributed by atoms with Crippen molar-refractivity contribution in [2.24, 2.45) is 11.8 Å². The van der Waals surface area contributed by atoms with Crippen LogP contribution in [0.4, 0.5) is 0 Å². The Labute approximate surface area is 135 Å². The fraction of sp³-hybridized carbons (Fsp3) is 0.944. The van der Waals surface area contributed by atoms with Crippen molar-refractivity contribution in [1.82, 2.24) is 15.1 Å². The van der Waals surface area contributed by atoms with E-state index in [1.165, 1.54) is 51.6 Å². The van der Waals surface area contributed by atoms with Gasteiger partial charge in [-0.3, -0.25) is 4.79 Å². The van der Waals surface area contributed by atoms with E-state index in [4.69, 9.17) is 0 Å². The van der Waals surface area contributed by atoms with Crippen LogP contribution in [-0.4, -0.2) is 61.0 Å². The van der Waals surface area contributed by atoms with E-state index in [0.29, 0.717) is 17.9 Å². The minimum atomic E-state index is 0.0523. The van der Waals surface area contributed by atoms with Crippen LogP contribution in [0, 0.1) is 11.8 Å². The quantitative estimate of drug-likeness (QED) is 0.864. The van der Waals surface area contributed by atoms with Crippen molar-refractivity contribution < 1.29 is 4.79 Å². The maximum atomic E-state index is 13.0. The normalized spacial score (nSPS) is 37.2. The molecule has 0 aromatic heterocycles. The van der Waals surface area contributed by atoms with E-state index < -0.39 is 0 Å². The Kier molecular flexibility index (Phi) is 5.40. The number of hydrogen-bond acceptors (Lipinski definition) is 3. The van der Waals surface area contributed by atoms with Gasteiger partial charge in [-0.2, -0.15) is 0 Å². The molecule has 1 amide bonds. The lowest BCUT2D eigenvalue weighted by Gasteiger charge is -2.38. The lowest BCUT2D eigenvalue weighted by molar-refractivity contribution is -0.136. The van der Waals surface area contributed by atoms with E-state index in [2.05, 4.69) is 22.0 Å². The summed E-state index contributed by atoms with van der Waals surface area (Å²) < 4.78 is 0. The summed E-state index contributed by atoms with van der Waals surface area (Å²) in [5.74, 6) is 1.81. The van der Waals surface area contributed by atoms with E-state index in [9.17, 15) is 4.79 Å². The van der Waals surface area contributed by atoms with Gasteiger partial charge in [0, 0.05) is 19.1 Å². The molecule has 0 bridgehead atoms. The number of nitrogens with one attached hydrogen (secondary N) is 1. The number of likely N-dealkylation sites (tertiary alicyclic amines) is 2. The van der Waals surface area contributed by atoms with E-state index in [-0.39, 0.29) is 6.04 Å². The van der Waals surface area contributed by atoms with Crippen LogP contribution in [0.25, 0.3) is 0 Å². The van der Waals surface area contributed by atoms with Crippen LogP contribution in [0.1, 0.15) is 51.9 Å². The average molecular weight is 307 g/mol. The van der Waals surface area contributed by atoms with E-state index >= 15 is 0 Å². The maximum absolute atomic E-state index is 13.0. The monoisotopic (exact) mass is 307 g/mol. The van der Waals surface area contributed by atoms with Gasteiger partial charge in [-0.1, -0.05) is 13.3 Å². The van der Waals surface area contributed by atoms with Gasteiger partial charge < -0.3 is 15.1 Å². The second-order valence-electron chi connectivity index (χ2n) is 7.57. The Morgan fingerprint density at radius 2 is 2.00 bits per heavy atom. The molecule has 22 heavy (non-hydrogen) atoms. The maximum Gasteiger partial charge on any atom is 0.239 e. The first-order valence-corrected chi connectivity index (χ1v) is 9.43. The SMILES string of the molecule is CCN1CCCC(CN2C(=O)C(NC)CCC3CCCC32)C1. The van der Waals surface area contributed by atoms with Gasteiger partial charge in [0.15, 0.2) is 0 Å². The van der Waals surface area contributed by atoms with E-state index in [1.54, 1.807) is 0 Å². The van der Waals surface area contributed by atoms with Gasteiger partial charge in [0.25, 0.3) is 0 Å². The molecular formula is C18H33N3O. The summed E-state index contributed by atoms with van der Waals surface area (Å²) in [6.07, 6.45) is 8.72. The Morgan fingerprint density at radius 1 is 1.14 bits per heavy atom. The third-order valence-electron chi connectivity index (χ3n) is 6.28. The molecule has 4 nitrogen and oxygen atoms in total. The van der Waals surface area contributed by atoms with Gasteiger partial charge in [-0.05, 0) is 70.5 Å². The molecule has 2 heterocycles. The van der Waals surface area contributed by atoms with Crippen LogP contribution in [-0.2, 0) is 4.79 Å². The van der Waals surface area contributed by atoms with Crippen LogP contribution in [0.2, 0.25) is 0 Å². The van der Waals surface area contributed by atoms with Gasteiger partial charge >= 0.3 is 0 Å². The highest BCUT2D eigenvalue weighted by Crippen LogP contribution is 2.37.